The van der Waals surface area contributed by atoms with E-state index in [1.54, 1.807) is 12.1 Å². The zero-order chi connectivity index (χ0) is 13.8. The van der Waals surface area contributed by atoms with Gasteiger partial charge in [-0.05, 0) is 18.1 Å². The number of nitrogen functional groups attached to an aromatic ring is 1. The number of hydrogen-bond acceptors (Lipinski definition) is 4. The lowest BCUT2D eigenvalue weighted by Gasteiger charge is -2.13. The summed E-state index contributed by atoms with van der Waals surface area (Å²) in [6.07, 6.45) is 0. The van der Waals surface area contributed by atoms with Crippen LogP contribution in [0.4, 0.5) is 11.4 Å². The number of anilines is 2. The third-order valence-corrected chi connectivity index (χ3v) is 3.22. The van der Waals surface area contributed by atoms with Crippen molar-refractivity contribution in [1.29, 1.82) is 0 Å². The quantitative estimate of drug-likeness (QED) is 0.678. The largest absolute Gasteiger partial charge is 0.497 e. The van der Waals surface area contributed by atoms with Gasteiger partial charge in [0.15, 0.2) is 0 Å². The van der Waals surface area contributed by atoms with E-state index in [2.05, 4.69) is 9.44 Å². The molecule has 18 heavy (non-hydrogen) atoms. The molecule has 0 saturated carbocycles. The summed E-state index contributed by atoms with van der Waals surface area (Å²) >= 11 is 0. The van der Waals surface area contributed by atoms with Crippen LogP contribution >= 0.6 is 0 Å². The highest BCUT2D eigenvalue weighted by atomic mass is 32.2. The molecule has 0 unspecified atom stereocenters. The van der Waals surface area contributed by atoms with Crippen LogP contribution in [0.2, 0.25) is 0 Å². The lowest BCUT2D eigenvalue weighted by atomic mass is 10.2. The standard InChI is InChI=1S/C11H19N3O3S/c1-8(2)7-13-18(15,16)14-11-6-9(17-3)4-5-10(11)12/h4-6,8,13-14H,7,12H2,1-3H3. The molecule has 0 atom stereocenters. The summed E-state index contributed by atoms with van der Waals surface area (Å²) in [6.45, 7) is 4.20. The van der Waals surface area contributed by atoms with Gasteiger partial charge < -0.3 is 10.5 Å². The maximum Gasteiger partial charge on any atom is 0.299 e. The van der Waals surface area contributed by atoms with Crippen molar-refractivity contribution in [1.82, 2.24) is 4.72 Å². The van der Waals surface area contributed by atoms with Gasteiger partial charge in [0.2, 0.25) is 0 Å². The summed E-state index contributed by atoms with van der Waals surface area (Å²) in [6, 6.07) is 4.78. The van der Waals surface area contributed by atoms with Crippen LogP contribution < -0.4 is 19.9 Å². The molecule has 0 aliphatic heterocycles. The fourth-order valence-corrected chi connectivity index (χ4v) is 2.30. The molecule has 0 radical (unpaired) electrons. The molecule has 0 heterocycles. The first kappa shape index (κ1) is 14.6. The number of benzene rings is 1. The van der Waals surface area contributed by atoms with Gasteiger partial charge >= 0.3 is 0 Å². The van der Waals surface area contributed by atoms with E-state index >= 15 is 0 Å². The minimum Gasteiger partial charge on any atom is -0.497 e. The van der Waals surface area contributed by atoms with Crippen molar-refractivity contribution in [3.63, 3.8) is 0 Å². The summed E-state index contributed by atoms with van der Waals surface area (Å²) in [5.74, 6) is 0.759. The van der Waals surface area contributed by atoms with E-state index in [9.17, 15) is 8.42 Å². The van der Waals surface area contributed by atoms with Crippen LogP contribution in [0.1, 0.15) is 13.8 Å². The third kappa shape index (κ3) is 4.42. The molecule has 0 amide bonds. The van der Waals surface area contributed by atoms with Crippen LogP contribution in [-0.2, 0) is 10.2 Å². The lowest BCUT2D eigenvalue weighted by molar-refractivity contribution is 0.415. The molecule has 0 fully saturated rings. The Hall–Kier alpha value is -1.47. The third-order valence-electron chi connectivity index (χ3n) is 2.19. The second kappa shape index (κ2) is 5.92. The van der Waals surface area contributed by atoms with Crippen LogP contribution in [0, 0.1) is 5.92 Å². The number of rotatable bonds is 6. The van der Waals surface area contributed by atoms with Gasteiger partial charge in [0.05, 0.1) is 18.5 Å². The summed E-state index contributed by atoms with van der Waals surface area (Å²) in [5.41, 5.74) is 6.33. The number of nitrogens with two attached hydrogens (primary N) is 1. The molecule has 1 aromatic rings. The van der Waals surface area contributed by atoms with Gasteiger partial charge in [0.1, 0.15) is 5.75 Å². The first-order chi connectivity index (χ1) is 8.34. The zero-order valence-corrected chi connectivity index (χ0v) is 11.5. The van der Waals surface area contributed by atoms with Gasteiger partial charge in [0.25, 0.3) is 10.2 Å². The van der Waals surface area contributed by atoms with E-state index in [1.807, 2.05) is 13.8 Å². The maximum atomic E-state index is 11.7. The van der Waals surface area contributed by atoms with E-state index in [0.29, 0.717) is 23.7 Å². The molecule has 7 heteroatoms. The van der Waals surface area contributed by atoms with Crippen LogP contribution in [0.5, 0.6) is 5.75 Å². The molecule has 0 aromatic heterocycles. The van der Waals surface area contributed by atoms with Gasteiger partial charge in [-0.3, -0.25) is 4.72 Å². The zero-order valence-electron chi connectivity index (χ0n) is 10.7. The summed E-state index contributed by atoms with van der Waals surface area (Å²) in [7, 11) is -2.11. The average molecular weight is 273 g/mol. The minimum absolute atomic E-state index is 0.226. The summed E-state index contributed by atoms with van der Waals surface area (Å²) in [5, 5.41) is 0. The second-order valence-electron chi connectivity index (χ2n) is 4.30. The van der Waals surface area contributed by atoms with Crippen molar-refractivity contribution >= 4 is 21.6 Å². The molecule has 0 saturated heterocycles. The van der Waals surface area contributed by atoms with E-state index in [-0.39, 0.29) is 5.92 Å². The summed E-state index contributed by atoms with van der Waals surface area (Å²) in [4.78, 5) is 0. The molecule has 4 N–H and O–H groups in total. The monoisotopic (exact) mass is 273 g/mol. The van der Waals surface area contributed by atoms with Crippen LogP contribution in [0.25, 0.3) is 0 Å². The highest BCUT2D eigenvalue weighted by Gasteiger charge is 2.12. The Bertz CT molecular complexity index is 500. The lowest BCUT2D eigenvalue weighted by Crippen LogP contribution is -2.33. The molecular weight excluding hydrogens is 254 g/mol. The fourth-order valence-electron chi connectivity index (χ4n) is 1.21. The Kier molecular flexibility index (Phi) is 4.80. The molecule has 0 aliphatic carbocycles. The average Bonchev–Trinajstić information content (AvgIpc) is 2.29. The van der Waals surface area contributed by atoms with Crippen LogP contribution in [-0.4, -0.2) is 22.1 Å². The molecule has 0 bridgehead atoms. The van der Waals surface area contributed by atoms with Gasteiger partial charge in [-0.15, -0.1) is 0 Å². The molecule has 0 aliphatic rings. The van der Waals surface area contributed by atoms with Crippen molar-refractivity contribution < 1.29 is 13.2 Å². The first-order valence-electron chi connectivity index (χ1n) is 5.55. The minimum atomic E-state index is -3.61. The normalized spacial score (nSPS) is 11.6. The van der Waals surface area contributed by atoms with Crippen molar-refractivity contribution in [3.8, 4) is 5.75 Å². The first-order valence-corrected chi connectivity index (χ1v) is 7.03. The Balaban J connectivity index is 2.83. The second-order valence-corrected chi connectivity index (χ2v) is 5.80. The van der Waals surface area contributed by atoms with Crippen molar-refractivity contribution in [3.05, 3.63) is 18.2 Å². The molecule has 0 spiro atoms. The predicted molar refractivity (Wildman–Crippen MR) is 72.8 cm³/mol. The highest BCUT2D eigenvalue weighted by molar-refractivity contribution is 7.90. The van der Waals surface area contributed by atoms with E-state index in [1.165, 1.54) is 13.2 Å². The molecular formula is C11H19N3O3S. The van der Waals surface area contributed by atoms with Gasteiger partial charge in [-0.1, -0.05) is 13.8 Å². The Labute approximate surface area is 108 Å². The SMILES string of the molecule is COc1ccc(N)c(NS(=O)(=O)NCC(C)C)c1. The number of ether oxygens (including phenoxy) is 1. The van der Waals surface area contributed by atoms with Crippen molar-refractivity contribution in [2.75, 3.05) is 24.1 Å². The number of methoxy groups -OCH3 is 1. The van der Waals surface area contributed by atoms with Gasteiger partial charge in [0, 0.05) is 12.6 Å². The predicted octanol–water partition coefficient (Wildman–Crippen LogP) is 1.18. The topological polar surface area (TPSA) is 93.4 Å². The van der Waals surface area contributed by atoms with Gasteiger partial charge in [-0.2, -0.15) is 13.1 Å². The molecule has 102 valence electrons. The number of hydrogen-bond donors (Lipinski definition) is 3. The fraction of sp³-hybridized carbons (Fsp3) is 0.455. The van der Waals surface area contributed by atoms with Crippen LogP contribution in [0.3, 0.4) is 0 Å². The molecule has 1 aromatic carbocycles. The smallest absolute Gasteiger partial charge is 0.299 e. The van der Waals surface area contributed by atoms with Crippen LogP contribution in [0.15, 0.2) is 18.2 Å². The Morgan fingerprint density at radius 3 is 2.61 bits per heavy atom. The van der Waals surface area contributed by atoms with Crippen molar-refractivity contribution in [2.45, 2.75) is 13.8 Å². The van der Waals surface area contributed by atoms with E-state index in [4.69, 9.17) is 10.5 Å². The Morgan fingerprint density at radius 2 is 2.06 bits per heavy atom. The van der Waals surface area contributed by atoms with Crippen molar-refractivity contribution in [2.24, 2.45) is 5.92 Å². The maximum absolute atomic E-state index is 11.7. The Morgan fingerprint density at radius 1 is 1.39 bits per heavy atom. The molecule has 1 rings (SSSR count). The highest BCUT2D eigenvalue weighted by Crippen LogP contribution is 2.24. The molecule has 6 nitrogen and oxygen atoms in total. The summed E-state index contributed by atoms with van der Waals surface area (Å²) < 4.78 is 33.3. The van der Waals surface area contributed by atoms with E-state index in [0.717, 1.165) is 0 Å². The van der Waals surface area contributed by atoms with E-state index < -0.39 is 10.2 Å². The number of nitrogens with one attached hydrogen (secondary N) is 2. The van der Waals surface area contributed by atoms with Gasteiger partial charge in [-0.25, -0.2) is 0 Å².